The fraction of sp³-hybridized carbons (Fsp3) is 1.00. The van der Waals surface area contributed by atoms with Crippen LogP contribution >= 0.6 is 0 Å². The summed E-state index contributed by atoms with van der Waals surface area (Å²) in [6.07, 6.45) is 0. The van der Waals surface area contributed by atoms with Crippen molar-refractivity contribution >= 4 is 28.3 Å². The van der Waals surface area contributed by atoms with Crippen molar-refractivity contribution < 1.29 is 38.2 Å². The van der Waals surface area contributed by atoms with Crippen LogP contribution in [0, 0.1) is 0 Å². The Kier molecular flexibility index (Phi) is 493. The fourth-order valence-corrected chi connectivity index (χ4v) is 0. The van der Waals surface area contributed by atoms with Crippen LogP contribution in [-0.2, 0) is 38.2 Å². The third kappa shape index (κ3) is 24.4. The number of hydrogen-bond acceptors (Lipinski definition) is 0. The summed E-state index contributed by atoms with van der Waals surface area (Å²) >= 11 is 0. The van der Waals surface area contributed by atoms with Gasteiger partial charge in [-0.25, -0.2) is 0 Å². The fourth-order valence-electron chi connectivity index (χ4n) is 0. The van der Waals surface area contributed by atoms with Gasteiger partial charge in [0.05, 0.1) is 0 Å². The van der Waals surface area contributed by atoms with Crippen LogP contribution in [0.3, 0.4) is 0 Å². The van der Waals surface area contributed by atoms with Crippen molar-refractivity contribution in [3.05, 3.63) is 0 Å². The first kappa shape index (κ1) is 64.5. The van der Waals surface area contributed by atoms with Crippen molar-refractivity contribution in [1.82, 2.24) is 0 Å². The Morgan fingerprint density at radius 3 is 1.00 bits per heavy atom. The molecule has 0 radical (unpaired) electrons. The minimum Gasteiger partial charge on any atom is -0.0776 e. The zero-order valence-electron chi connectivity index (χ0n) is 0.816. The second-order valence-corrected chi connectivity index (χ2v) is 0. The van der Waals surface area contributed by atoms with Gasteiger partial charge in [-0.2, -0.15) is 0 Å². The summed E-state index contributed by atoms with van der Waals surface area (Å²) in [5, 5.41) is 0. The zero-order chi connectivity index (χ0) is 0. The molecule has 0 saturated carbocycles. The summed E-state index contributed by atoms with van der Waals surface area (Å²) in [4.78, 5) is 0. The quantitative estimate of drug-likeness (QED) is 0.382. The molecule has 0 aromatic heterocycles. The van der Waals surface area contributed by atoms with Crippen molar-refractivity contribution in [3.63, 3.8) is 0 Å². The summed E-state index contributed by atoms with van der Waals surface area (Å²) < 4.78 is 0. The Labute approximate surface area is 73.4 Å². The van der Waals surface area contributed by atoms with Crippen molar-refractivity contribution in [2.24, 2.45) is 0 Å². The van der Waals surface area contributed by atoms with E-state index in [1.807, 2.05) is 0 Å². The summed E-state index contributed by atoms with van der Waals surface area (Å²) in [6, 6.07) is 0. The molecule has 0 spiro atoms. The maximum atomic E-state index is 0. The normalized spacial score (nSPS) is 0. The second kappa shape index (κ2) is 38.2. The molecule has 0 saturated heterocycles. The first-order valence-corrected chi connectivity index (χ1v) is 0. The Balaban J connectivity index is 0. The zero-order valence-corrected chi connectivity index (χ0v) is 3.37. The van der Waals surface area contributed by atoms with Crippen LogP contribution in [-0.4, -0.2) is 28.3 Å². The van der Waals surface area contributed by atoms with Gasteiger partial charge < -0.3 is 0 Å². The molecule has 0 unspecified atom stereocenters. The topological polar surface area (TPSA) is 0 Å². The summed E-state index contributed by atoms with van der Waals surface area (Å²) in [5.74, 6) is 0. The van der Waals surface area contributed by atoms with E-state index in [-0.39, 0.29) is 74.0 Å². The van der Waals surface area contributed by atoms with Gasteiger partial charge in [0.25, 0.3) is 0 Å². The molecule has 0 aliphatic rings. The molecule has 5 heavy (non-hydrogen) atoms. The van der Waals surface area contributed by atoms with Gasteiger partial charge >= 0.3 is 0 Å². The molecule has 0 aromatic carbocycles. The molecular weight excluding hydrogens is 174 g/mol. The molecule has 0 aromatic rings. The molecule has 0 nitrogen and oxygen atoms in total. The molecule has 0 atom stereocenters. The summed E-state index contributed by atoms with van der Waals surface area (Å²) in [5.41, 5.74) is 0. The molecule has 0 bridgehead atoms. The van der Waals surface area contributed by atoms with Crippen LogP contribution in [0.1, 0.15) is 7.43 Å². The maximum absolute atomic E-state index is 0. The van der Waals surface area contributed by atoms with Gasteiger partial charge in [-0.3, -0.25) is 0 Å². The first-order chi connectivity index (χ1) is 0. The molecule has 0 rings (SSSR count). The van der Waals surface area contributed by atoms with Crippen LogP contribution in [0.4, 0.5) is 0 Å². The van der Waals surface area contributed by atoms with Crippen molar-refractivity contribution in [3.8, 4) is 0 Å². The SMILES string of the molecule is C.[AlH3].[Ni].[SiH4].[Ti]. The van der Waals surface area contributed by atoms with E-state index in [1.54, 1.807) is 0 Å². The molecule has 0 N–H and O–H groups in total. The molecule has 0 fully saturated rings. The Morgan fingerprint density at radius 1 is 1.00 bits per heavy atom. The van der Waals surface area contributed by atoms with Gasteiger partial charge in [0, 0.05) is 38.2 Å². The molecule has 0 aliphatic heterocycles. The van der Waals surface area contributed by atoms with Crippen LogP contribution < -0.4 is 0 Å². The van der Waals surface area contributed by atoms with Crippen LogP contribution in [0.15, 0.2) is 0 Å². The van der Waals surface area contributed by atoms with E-state index in [9.17, 15) is 0 Å². The first-order valence-electron chi connectivity index (χ1n) is 0. The van der Waals surface area contributed by atoms with Gasteiger partial charge in [0.1, 0.15) is 0 Å². The molecule has 0 aliphatic carbocycles. The van der Waals surface area contributed by atoms with Crippen LogP contribution in [0.25, 0.3) is 0 Å². The van der Waals surface area contributed by atoms with Crippen LogP contribution in [0.5, 0.6) is 0 Å². The largest absolute Gasteiger partial charge is 0.187 e. The average molecular weight is 185 g/mol. The van der Waals surface area contributed by atoms with Crippen molar-refractivity contribution in [2.45, 2.75) is 7.43 Å². The van der Waals surface area contributed by atoms with Gasteiger partial charge in [-0.05, 0) is 11.0 Å². The Hall–Kier alpha value is 1.96. The standard InChI is InChI=1S/CH4.Al.Ni.H4Si.Ti.3H/h1H4;;;1H4;;;;. The van der Waals surface area contributed by atoms with E-state index in [2.05, 4.69) is 0 Å². The monoisotopic (exact) mass is 184 g/mol. The maximum Gasteiger partial charge on any atom is 0.187 e. The molecule has 4 heteroatoms. The molecule has 0 amide bonds. The Bertz CT molecular complexity index is 11.6. The van der Waals surface area contributed by atoms with E-state index >= 15 is 0 Å². The second-order valence-electron chi connectivity index (χ2n) is 0. The van der Waals surface area contributed by atoms with Crippen molar-refractivity contribution in [2.75, 3.05) is 0 Å². The smallest absolute Gasteiger partial charge is 0.0776 e. The molecular formula is CH11AlNiSiTi. The Morgan fingerprint density at radius 2 is 1.00 bits per heavy atom. The van der Waals surface area contributed by atoms with Crippen molar-refractivity contribution in [1.29, 1.82) is 0 Å². The third-order valence-electron chi connectivity index (χ3n) is 0. The molecule has 36 valence electrons. The van der Waals surface area contributed by atoms with E-state index in [1.165, 1.54) is 0 Å². The minimum atomic E-state index is 0. The summed E-state index contributed by atoms with van der Waals surface area (Å²) in [6.45, 7) is 0. The summed E-state index contributed by atoms with van der Waals surface area (Å²) in [7, 11) is 0. The van der Waals surface area contributed by atoms with Gasteiger partial charge in [0.2, 0.25) is 0 Å². The predicted octanol–water partition coefficient (Wildman–Crippen LogP) is -2.00. The van der Waals surface area contributed by atoms with E-state index < -0.39 is 0 Å². The van der Waals surface area contributed by atoms with Gasteiger partial charge in [0.15, 0.2) is 17.4 Å². The number of hydrogen-bond donors (Lipinski definition) is 0. The third-order valence-corrected chi connectivity index (χ3v) is 0. The van der Waals surface area contributed by atoms with Gasteiger partial charge in [-0.1, -0.05) is 7.43 Å². The van der Waals surface area contributed by atoms with Gasteiger partial charge in [-0.15, -0.1) is 0 Å². The van der Waals surface area contributed by atoms with E-state index in [4.69, 9.17) is 0 Å². The van der Waals surface area contributed by atoms with E-state index in [0.717, 1.165) is 0 Å². The predicted molar refractivity (Wildman–Crippen MR) is 28.0 cm³/mol. The number of rotatable bonds is 0. The van der Waals surface area contributed by atoms with Crippen LogP contribution in [0.2, 0.25) is 0 Å². The van der Waals surface area contributed by atoms with E-state index in [0.29, 0.717) is 0 Å². The molecule has 0 heterocycles. The minimum absolute atomic E-state index is 0. The average Bonchev–Trinajstić information content (AvgIpc) is 0.